The Bertz CT molecular complexity index is 942. The fourth-order valence-electron chi connectivity index (χ4n) is 3.70. The van der Waals surface area contributed by atoms with Gasteiger partial charge in [-0.3, -0.25) is 4.98 Å². The van der Waals surface area contributed by atoms with Crippen LogP contribution in [0.1, 0.15) is 25.5 Å². The molecule has 0 spiro atoms. The Morgan fingerprint density at radius 3 is 2.77 bits per heavy atom. The van der Waals surface area contributed by atoms with Crippen molar-refractivity contribution in [1.29, 1.82) is 0 Å². The van der Waals surface area contributed by atoms with Gasteiger partial charge >= 0.3 is 0 Å². The molecule has 0 unspecified atom stereocenters. The summed E-state index contributed by atoms with van der Waals surface area (Å²) in [4.78, 5) is 10.3. The van der Waals surface area contributed by atoms with Gasteiger partial charge in [0.25, 0.3) is 0 Å². The maximum atomic E-state index is 13.9. The highest BCUT2D eigenvalue weighted by molar-refractivity contribution is 5.86. The van der Waals surface area contributed by atoms with Gasteiger partial charge in [0, 0.05) is 41.8 Å². The largest absolute Gasteiger partial charge is 0.300 e. The summed E-state index contributed by atoms with van der Waals surface area (Å²) in [6, 6.07) is 11.0. The van der Waals surface area contributed by atoms with E-state index in [1.807, 2.05) is 24.4 Å². The highest BCUT2D eigenvalue weighted by Gasteiger charge is 2.19. The van der Waals surface area contributed by atoms with Gasteiger partial charge in [-0.25, -0.2) is 0 Å². The zero-order chi connectivity index (χ0) is 18.1. The van der Waals surface area contributed by atoms with Gasteiger partial charge in [0.1, 0.15) is 0 Å². The van der Waals surface area contributed by atoms with E-state index in [2.05, 4.69) is 27.9 Å². The second-order valence-electron chi connectivity index (χ2n) is 6.99. The summed E-state index contributed by atoms with van der Waals surface area (Å²) in [5, 5.41) is 2.01. The third kappa shape index (κ3) is 3.44. The van der Waals surface area contributed by atoms with Crippen molar-refractivity contribution >= 4 is 10.8 Å². The van der Waals surface area contributed by atoms with Crippen molar-refractivity contribution in [3.63, 3.8) is 0 Å². The molecule has 3 aromatic rings. The normalized spacial score (nSPS) is 17.9. The maximum Gasteiger partial charge on any atom is 0.223 e. The topological polar surface area (TPSA) is 29.0 Å². The van der Waals surface area contributed by atoms with Gasteiger partial charge in [-0.05, 0) is 61.5 Å². The molecule has 3 heterocycles. The van der Waals surface area contributed by atoms with Crippen molar-refractivity contribution in [2.24, 2.45) is 0 Å². The Morgan fingerprint density at radius 2 is 2.00 bits per heavy atom. The molecule has 1 fully saturated rings. The maximum absolute atomic E-state index is 13.9. The fourth-order valence-corrected chi connectivity index (χ4v) is 3.70. The first-order valence-electron chi connectivity index (χ1n) is 9.05. The highest BCUT2D eigenvalue weighted by atomic mass is 19.1. The number of nitrogens with zero attached hydrogens (tertiary/aromatic N) is 3. The summed E-state index contributed by atoms with van der Waals surface area (Å²) < 4.78 is 26.9. The molecule has 0 amide bonds. The predicted molar refractivity (Wildman–Crippen MR) is 98.9 cm³/mol. The van der Waals surface area contributed by atoms with Crippen molar-refractivity contribution < 1.29 is 8.78 Å². The zero-order valence-electron chi connectivity index (χ0n) is 14.8. The third-order valence-electron chi connectivity index (χ3n) is 5.25. The molecule has 1 aliphatic rings. The second-order valence-corrected chi connectivity index (χ2v) is 6.99. The number of fused-ring (bicyclic) bond motifs is 1. The molecule has 0 saturated carbocycles. The summed E-state index contributed by atoms with van der Waals surface area (Å²) in [6.45, 7) is 4.49. The molecule has 2 aromatic heterocycles. The average molecular weight is 353 g/mol. The quantitative estimate of drug-likeness (QED) is 0.642. The average Bonchev–Trinajstić information content (AvgIpc) is 3.04. The first-order chi connectivity index (χ1) is 12.6. The number of pyridine rings is 2. The zero-order valence-corrected chi connectivity index (χ0v) is 14.8. The predicted octanol–water partition coefficient (Wildman–Crippen LogP) is 4.60. The number of rotatable bonds is 4. The van der Waals surface area contributed by atoms with E-state index in [-0.39, 0.29) is 0 Å². The van der Waals surface area contributed by atoms with E-state index in [4.69, 9.17) is 0 Å². The van der Waals surface area contributed by atoms with Gasteiger partial charge in [0.05, 0.1) is 0 Å². The number of benzene rings is 1. The molecule has 0 aliphatic carbocycles. The van der Waals surface area contributed by atoms with Gasteiger partial charge in [-0.1, -0.05) is 12.1 Å². The van der Waals surface area contributed by atoms with E-state index in [0.717, 1.165) is 29.4 Å². The van der Waals surface area contributed by atoms with Gasteiger partial charge in [-0.15, -0.1) is 0 Å². The number of hydrogen-bond acceptors (Lipinski definition) is 3. The summed E-state index contributed by atoms with van der Waals surface area (Å²) in [6.07, 6.45) is 5.32. The summed E-state index contributed by atoms with van der Waals surface area (Å²) in [5.41, 5.74) is 2.03. The fraction of sp³-hybridized carbons (Fsp3) is 0.333. The monoisotopic (exact) mass is 353 g/mol. The Labute approximate surface area is 151 Å². The Morgan fingerprint density at radius 1 is 1.12 bits per heavy atom. The molecular formula is C21H21F2N3. The molecule has 0 N–H and O–H groups in total. The van der Waals surface area contributed by atoms with Gasteiger partial charge < -0.3 is 4.90 Å². The molecule has 134 valence electrons. The minimum atomic E-state index is -0.814. The number of likely N-dealkylation sites (tertiary alicyclic amines) is 1. The summed E-state index contributed by atoms with van der Waals surface area (Å²) in [5.74, 6) is -1.61. The molecule has 26 heavy (non-hydrogen) atoms. The minimum Gasteiger partial charge on any atom is -0.300 e. The van der Waals surface area contributed by atoms with Gasteiger partial charge in [0.15, 0.2) is 0 Å². The SMILES string of the molecule is C[C@@H]1CCCN1CCc1cc2ccc(-c3ccc(F)nc3F)cc2cn1. The first-order valence-corrected chi connectivity index (χ1v) is 9.05. The molecule has 0 bridgehead atoms. The Hall–Kier alpha value is -2.40. The van der Waals surface area contributed by atoms with Crippen molar-refractivity contribution in [2.45, 2.75) is 32.2 Å². The lowest BCUT2D eigenvalue weighted by Gasteiger charge is -2.20. The van der Waals surface area contributed by atoms with Crippen molar-refractivity contribution in [3.8, 4) is 11.1 Å². The molecule has 4 rings (SSSR count). The number of halogens is 2. The van der Waals surface area contributed by atoms with E-state index >= 15 is 0 Å². The van der Waals surface area contributed by atoms with Crippen LogP contribution in [0, 0.1) is 11.9 Å². The Balaban J connectivity index is 1.56. The van der Waals surface area contributed by atoms with Crippen LogP contribution in [0.2, 0.25) is 0 Å². The first kappa shape index (κ1) is 17.0. The van der Waals surface area contributed by atoms with E-state index in [1.54, 1.807) is 0 Å². The van der Waals surface area contributed by atoms with Crippen molar-refractivity contribution in [1.82, 2.24) is 14.9 Å². The van der Waals surface area contributed by atoms with E-state index in [9.17, 15) is 8.78 Å². The van der Waals surface area contributed by atoms with Crippen LogP contribution in [0.15, 0.2) is 42.6 Å². The smallest absolute Gasteiger partial charge is 0.223 e. The highest BCUT2D eigenvalue weighted by Crippen LogP contribution is 2.26. The molecule has 5 heteroatoms. The van der Waals surface area contributed by atoms with Crippen LogP contribution in [-0.4, -0.2) is 34.0 Å². The third-order valence-corrected chi connectivity index (χ3v) is 5.25. The van der Waals surface area contributed by atoms with Crippen LogP contribution >= 0.6 is 0 Å². The van der Waals surface area contributed by atoms with E-state index in [0.29, 0.717) is 17.2 Å². The number of aromatic nitrogens is 2. The van der Waals surface area contributed by atoms with Crippen molar-refractivity contribution in [2.75, 3.05) is 13.1 Å². The molecule has 3 nitrogen and oxygen atoms in total. The standard InChI is InChI=1S/C21H21F2N3/c1-14-3-2-9-26(14)10-8-18-12-15-4-5-16(11-17(15)13-24-18)19-6-7-20(22)25-21(19)23/h4-7,11-14H,2-3,8-10H2,1H3/t14-/m1/s1. The van der Waals surface area contributed by atoms with Crippen LogP contribution in [-0.2, 0) is 6.42 Å². The number of hydrogen-bond donors (Lipinski definition) is 0. The lowest BCUT2D eigenvalue weighted by Crippen LogP contribution is -2.29. The van der Waals surface area contributed by atoms with Gasteiger partial charge in [0.2, 0.25) is 11.9 Å². The van der Waals surface area contributed by atoms with Crippen LogP contribution in [0.3, 0.4) is 0 Å². The summed E-state index contributed by atoms with van der Waals surface area (Å²) >= 11 is 0. The molecule has 1 atom stereocenters. The summed E-state index contributed by atoms with van der Waals surface area (Å²) in [7, 11) is 0. The van der Waals surface area contributed by atoms with Crippen LogP contribution in [0.25, 0.3) is 21.9 Å². The lowest BCUT2D eigenvalue weighted by molar-refractivity contribution is 0.271. The molecule has 1 aromatic carbocycles. The van der Waals surface area contributed by atoms with Crippen molar-refractivity contribution in [3.05, 3.63) is 60.2 Å². The second kappa shape index (κ2) is 7.08. The Kier molecular flexibility index (Phi) is 4.64. The molecule has 1 saturated heterocycles. The molecule has 0 radical (unpaired) electrons. The van der Waals surface area contributed by atoms with Crippen LogP contribution in [0.4, 0.5) is 8.78 Å². The van der Waals surface area contributed by atoms with Gasteiger partial charge in [-0.2, -0.15) is 13.8 Å². The lowest BCUT2D eigenvalue weighted by atomic mass is 10.0. The minimum absolute atomic E-state index is 0.292. The molecular weight excluding hydrogens is 332 g/mol. The van der Waals surface area contributed by atoms with Crippen LogP contribution < -0.4 is 0 Å². The van der Waals surface area contributed by atoms with E-state index < -0.39 is 11.9 Å². The molecule has 1 aliphatic heterocycles. The van der Waals surface area contributed by atoms with Crippen LogP contribution in [0.5, 0.6) is 0 Å². The van der Waals surface area contributed by atoms with E-state index in [1.165, 1.54) is 31.5 Å².